The topological polar surface area (TPSA) is 35.9 Å². The van der Waals surface area contributed by atoms with E-state index in [4.69, 9.17) is 4.74 Å². The molecule has 1 fully saturated rings. The molecule has 22 heavy (non-hydrogen) atoms. The first-order chi connectivity index (χ1) is 10.5. The number of ether oxygens (including phenoxy) is 1. The minimum atomic E-state index is -0.447. The minimum absolute atomic E-state index is 0.348. The predicted octanol–water partition coefficient (Wildman–Crippen LogP) is 2.01. The number of hydrogen-bond donors (Lipinski definition) is 1. The van der Waals surface area contributed by atoms with E-state index < -0.39 is 6.10 Å². The number of likely N-dealkylation sites (N-methyl/N-ethyl adjacent to an activating group) is 1. The second-order valence-corrected chi connectivity index (χ2v) is 6.75. The van der Waals surface area contributed by atoms with Gasteiger partial charge in [-0.05, 0) is 65.0 Å². The third-order valence-corrected chi connectivity index (χ3v) is 4.39. The van der Waals surface area contributed by atoms with Crippen LogP contribution in [0.4, 0.5) is 0 Å². The maximum absolute atomic E-state index is 10.1. The van der Waals surface area contributed by atoms with Gasteiger partial charge in [0.1, 0.15) is 18.5 Å². The number of likely N-dealkylation sites (tertiary alicyclic amines) is 1. The molecule has 1 aromatic carbocycles. The van der Waals surface area contributed by atoms with Crippen molar-refractivity contribution in [1.29, 1.82) is 0 Å². The largest absolute Gasteiger partial charge is 0.491 e. The Morgan fingerprint density at radius 1 is 1.27 bits per heavy atom. The molecule has 1 saturated heterocycles. The van der Waals surface area contributed by atoms with Gasteiger partial charge < -0.3 is 19.6 Å². The SMILES string of the molecule is Cc1ccc(OCC(O)CN(C)CC2CCN(C)CC2)cc1. The van der Waals surface area contributed by atoms with E-state index in [2.05, 4.69) is 30.8 Å². The van der Waals surface area contributed by atoms with Crippen LogP contribution in [0.15, 0.2) is 24.3 Å². The average Bonchev–Trinajstić information content (AvgIpc) is 2.49. The lowest BCUT2D eigenvalue weighted by Gasteiger charge is -2.32. The highest BCUT2D eigenvalue weighted by Gasteiger charge is 2.19. The van der Waals surface area contributed by atoms with Crippen LogP contribution in [0.1, 0.15) is 18.4 Å². The van der Waals surface area contributed by atoms with Crippen molar-refractivity contribution in [3.8, 4) is 5.75 Å². The highest BCUT2D eigenvalue weighted by molar-refractivity contribution is 5.26. The predicted molar refractivity (Wildman–Crippen MR) is 90.4 cm³/mol. The number of aliphatic hydroxyl groups is 1. The molecule has 0 spiro atoms. The van der Waals surface area contributed by atoms with E-state index in [1.807, 2.05) is 24.3 Å². The van der Waals surface area contributed by atoms with Gasteiger partial charge in [0.15, 0.2) is 0 Å². The van der Waals surface area contributed by atoms with E-state index in [-0.39, 0.29) is 0 Å². The third kappa shape index (κ3) is 5.95. The summed E-state index contributed by atoms with van der Waals surface area (Å²) in [5.74, 6) is 1.58. The molecule has 1 aromatic rings. The van der Waals surface area contributed by atoms with Gasteiger partial charge in [-0.2, -0.15) is 0 Å². The molecule has 0 aromatic heterocycles. The van der Waals surface area contributed by atoms with Gasteiger partial charge in [-0.15, -0.1) is 0 Å². The number of benzene rings is 1. The van der Waals surface area contributed by atoms with Crippen LogP contribution in [0.3, 0.4) is 0 Å². The molecule has 124 valence electrons. The third-order valence-electron chi connectivity index (χ3n) is 4.39. The zero-order chi connectivity index (χ0) is 15.9. The van der Waals surface area contributed by atoms with Crippen molar-refractivity contribution < 1.29 is 9.84 Å². The summed E-state index contributed by atoms with van der Waals surface area (Å²) in [6.45, 7) is 6.51. The molecule has 1 atom stereocenters. The molecule has 1 N–H and O–H groups in total. The van der Waals surface area contributed by atoms with E-state index >= 15 is 0 Å². The summed E-state index contributed by atoms with van der Waals surface area (Å²) in [6.07, 6.45) is 2.07. The van der Waals surface area contributed by atoms with Crippen molar-refractivity contribution in [2.75, 3.05) is 46.9 Å². The van der Waals surface area contributed by atoms with Crippen LogP contribution in [0.25, 0.3) is 0 Å². The summed E-state index contributed by atoms with van der Waals surface area (Å²) in [7, 11) is 4.28. The van der Waals surface area contributed by atoms with Crippen molar-refractivity contribution in [1.82, 2.24) is 9.80 Å². The van der Waals surface area contributed by atoms with Gasteiger partial charge in [0.2, 0.25) is 0 Å². The number of piperidine rings is 1. The molecule has 1 heterocycles. The van der Waals surface area contributed by atoms with Gasteiger partial charge in [0.25, 0.3) is 0 Å². The van der Waals surface area contributed by atoms with Crippen molar-refractivity contribution in [3.05, 3.63) is 29.8 Å². The second kappa shape index (κ2) is 8.51. The van der Waals surface area contributed by atoms with E-state index in [9.17, 15) is 5.11 Å². The zero-order valence-electron chi connectivity index (χ0n) is 14.2. The first kappa shape index (κ1) is 17.3. The number of rotatable bonds is 7. The highest BCUT2D eigenvalue weighted by atomic mass is 16.5. The quantitative estimate of drug-likeness (QED) is 0.836. The fraction of sp³-hybridized carbons (Fsp3) is 0.667. The number of hydrogen-bond acceptors (Lipinski definition) is 4. The Labute approximate surface area is 134 Å². The normalized spacial score (nSPS) is 18.6. The summed E-state index contributed by atoms with van der Waals surface area (Å²) in [5, 5.41) is 10.1. The standard InChI is InChI=1S/C18H30N2O2/c1-15-4-6-18(7-5-15)22-14-17(21)13-20(3)12-16-8-10-19(2)11-9-16/h4-7,16-17,21H,8-14H2,1-3H3. The van der Waals surface area contributed by atoms with Gasteiger partial charge in [-0.25, -0.2) is 0 Å². The van der Waals surface area contributed by atoms with Crippen molar-refractivity contribution in [3.63, 3.8) is 0 Å². The van der Waals surface area contributed by atoms with Gasteiger partial charge in [-0.3, -0.25) is 0 Å². The molecule has 2 rings (SSSR count). The lowest BCUT2D eigenvalue weighted by Crippen LogP contribution is -2.39. The Kier molecular flexibility index (Phi) is 6.68. The monoisotopic (exact) mass is 306 g/mol. The molecule has 0 amide bonds. The molecule has 0 aliphatic carbocycles. The molecular formula is C18H30N2O2. The highest BCUT2D eigenvalue weighted by Crippen LogP contribution is 2.17. The van der Waals surface area contributed by atoms with E-state index in [1.54, 1.807) is 0 Å². The summed E-state index contributed by atoms with van der Waals surface area (Å²) in [5.41, 5.74) is 1.21. The van der Waals surface area contributed by atoms with Crippen LogP contribution in [-0.4, -0.2) is 67.9 Å². The van der Waals surface area contributed by atoms with Crippen LogP contribution >= 0.6 is 0 Å². The van der Waals surface area contributed by atoms with E-state index in [0.29, 0.717) is 13.2 Å². The van der Waals surface area contributed by atoms with Gasteiger partial charge in [0, 0.05) is 13.1 Å². The van der Waals surface area contributed by atoms with Crippen LogP contribution in [0.2, 0.25) is 0 Å². The van der Waals surface area contributed by atoms with Crippen molar-refractivity contribution in [2.45, 2.75) is 25.9 Å². The molecule has 0 radical (unpaired) electrons. The van der Waals surface area contributed by atoms with Gasteiger partial charge in [-0.1, -0.05) is 17.7 Å². The minimum Gasteiger partial charge on any atom is -0.491 e. The number of aliphatic hydroxyl groups excluding tert-OH is 1. The van der Waals surface area contributed by atoms with Gasteiger partial charge >= 0.3 is 0 Å². The van der Waals surface area contributed by atoms with Crippen LogP contribution in [0, 0.1) is 12.8 Å². The molecule has 4 heteroatoms. The van der Waals surface area contributed by atoms with Crippen molar-refractivity contribution in [2.24, 2.45) is 5.92 Å². The Morgan fingerprint density at radius 2 is 1.91 bits per heavy atom. The lowest BCUT2D eigenvalue weighted by molar-refractivity contribution is 0.0670. The molecule has 0 saturated carbocycles. The number of aryl methyl sites for hydroxylation is 1. The Balaban J connectivity index is 1.65. The van der Waals surface area contributed by atoms with Crippen molar-refractivity contribution >= 4 is 0 Å². The molecule has 4 nitrogen and oxygen atoms in total. The average molecular weight is 306 g/mol. The molecule has 1 aliphatic heterocycles. The van der Waals surface area contributed by atoms with E-state index in [1.165, 1.54) is 31.5 Å². The fourth-order valence-corrected chi connectivity index (χ4v) is 3.00. The molecule has 1 unspecified atom stereocenters. The van der Waals surface area contributed by atoms with Crippen LogP contribution in [0.5, 0.6) is 5.75 Å². The first-order valence-corrected chi connectivity index (χ1v) is 8.27. The Bertz CT molecular complexity index is 427. The maximum atomic E-state index is 10.1. The lowest BCUT2D eigenvalue weighted by atomic mass is 9.96. The van der Waals surface area contributed by atoms with Gasteiger partial charge in [0.05, 0.1) is 0 Å². The summed E-state index contributed by atoms with van der Waals surface area (Å²) in [4.78, 5) is 4.62. The zero-order valence-corrected chi connectivity index (χ0v) is 14.2. The summed E-state index contributed by atoms with van der Waals surface area (Å²) < 4.78 is 5.64. The van der Waals surface area contributed by atoms with Crippen LogP contribution in [-0.2, 0) is 0 Å². The Hall–Kier alpha value is -1.10. The molecule has 1 aliphatic rings. The summed E-state index contributed by atoms with van der Waals surface area (Å²) in [6, 6.07) is 7.94. The Morgan fingerprint density at radius 3 is 2.55 bits per heavy atom. The van der Waals surface area contributed by atoms with E-state index in [0.717, 1.165) is 18.2 Å². The second-order valence-electron chi connectivity index (χ2n) is 6.75. The first-order valence-electron chi connectivity index (χ1n) is 8.27. The van der Waals surface area contributed by atoms with Crippen LogP contribution < -0.4 is 4.74 Å². The number of nitrogens with zero attached hydrogens (tertiary/aromatic N) is 2. The molecular weight excluding hydrogens is 276 g/mol. The summed E-state index contributed by atoms with van der Waals surface area (Å²) >= 11 is 0. The maximum Gasteiger partial charge on any atom is 0.119 e. The molecule has 0 bridgehead atoms. The smallest absolute Gasteiger partial charge is 0.119 e. The fourth-order valence-electron chi connectivity index (χ4n) is 3.00.